The summed E-state index contributed by atoms with van der Waals surface area (Å²) in [6.07, 6.45) is 10.2. The highest BCUT2D eigenvalue weighted by atomic mass is 32.2. The molecule has 1 aromatic rings. The summed E-state index contributed by atoms with van der Waals surface area (Å²) in [6, 6.07) is 0. The normalized spacial score (nSPS) is 32.8. The zero-order chi connectivity index (χ0) is 17.4. The van der Waals surface area contributed by atoms with Crippen LogP contribution in [0.2, 0.25) is 0 Å². The predicted octanol–water partition coefficient (Wildman–Crippen LogP) is 3.20. The molecular formula is C19H28N4OS. The van der Waals surface area contributed by atoms with Gasteiger partial charge in [0.2, 0.25) is 5.91 Å². The lowest BCUT2D eigenvalue weighted by Crippen LogP contribution is -2.51. The van der Waals surface area contributed by atoms with Gasteiger partial charge in [-0.05, 0) is 68.6 Å². The Morgan fingerprint density at radius 1 is 1.28 bits per heavy atom. The third-order valence-corrected chi connectivity index (χ3v) is 7.34. The molecule has 136 valence electrons. The Morgan fingerprint density at radius 3 is 2.52 bits per heavy atom. The molecular weight excluding hydrogens is 332 g/mol. The van der Waals surface area contributed by atoms with Crippen molar-refractivity contribution in [1.82, 2.24) is 20.1 Å². The Balaban J connectivity index is 1.29. The number of amides is 1. The number of allylic oxidation sites excluding steroid dienone is 1. The van der Waals surface area contributed by atoms with Gasteiger partial charge in [-0.1, -0.05) is 17.8 Å². The highest BCUT2D eigenvalue weighted by Crippen LogP contribution is 2.59. The monoisotopic (exact) mass is 360 g/mol. The van der Waals surface area contributed by atoms with Crippen molar-refractivity contribution in [1.29, 1.82) is 0 Å². The van der Waals surface area contributed by atoms with Crippen LogP contribution in [-0.4, -0.2) is 33.0 Å². The van der Waals surface area contributed by atoms with Crippen molar-refractivity contribution in [2.24, 2.45) is 23.2 Å². The summed E-state index contributed by atoms with van der Waals surface area (Å²) < 4.78 is 1.99. The van der Waals surface area contributed by atoms with Crippen LogP contribution in [0.25, 0.3) is 0 Å². The van der Waals surface area contributed by atoms with Crippen LogP contribution in [0.1, 0.15) is 44.3 Å². The molecule has 0 spiro atoms. The highest BCUT2D eigenvalue weighted by Gasteiger charge is 2.50. The highest BCUT2D eigenvalue weighted by molar-refractivity contribution is 7.99. The average molecular weight is 361 g/mol. The number of nitrogens with zero attached hydrogens (tertiary/aromatic N) is 3. The smallest absolute Gasteiger partial charge is 0.230 e. The van der Waals surface area contributed by atoms with Crippen molar-refractivity contribution < 1.29 is 4.79 Å². The second kappa shape index (κ2) is 6.78. The van der Waals surface area contributed by atoms with Crippen molar-refractivity contribution in [2.75, 3.05) is 12.3 Å². The number of carbonyl (C=O) groups is 1. The van der Waals surface area contributed by atoms with E-state index in [4.69, 9.17) is 0 Å². The summed E-state index contributed by atoms with van der Waals surface area (Å²) in [5.74, 6) is 4.17. The number of aromatic nitrogens is 3. The van der Waals surface area contributed by atoms with Crippen molar-refractivity contribution in [2.45, 2.75) is 57.1 Å². The fourth-order valence-corrected chi connectivity index (χ4v) is 6.60. The van der Waals surface area contributed by atoms with E-state index in [1.54, 1.807) is 0 Å². The van der Waals surface area contributed by atoms with Gasteiger partial charge in [-0.15, -0.1) is 16.8 Å². The second-order valence-corrected chi connectivity index (χ2v) is 9.35. The fourth-order valence-electron chi connectivity index (χ4n) is 5.78. The maximum absolute atomic E-state index is 12.4. The number of carbonyl (C=O) groups excluding carboxylic acids is 1. The molecule has 1 N–H and O–H groups in total. The first-order valence-corrected chi connectivity index (χ1v) is 10.5. The Kier molecular flexibility index (Phi) is 4.65. The quantitative estimate of drug-likeness (QED) is 0.599. The van der Waals surface area contributed by atoms with E-state index in [2.05, 4.69) is 22.1 Å². The van der Waals surface area contributed by atoms with E-state index in [-0.39, 0.29) is 5.91 Å². The topological polar surface area (TPSA) is 59.8 Å². The third-order valence-electron chi connectivity index (χ3n) is 6.37. The van der Waals surface area contributed by atoms with Crippen LogP contribution in [0.5, 0.6) is 0 Å². The van der Waals surface area contributed by atoms with Gasteiger partial charge in [0.25, 0.3) is 0 Å². The van der Waals surface area contributed by atoms with Gasteiger partial charge in [-0.2, -0.15) is 0 Å². The van der Waals surface area contributed by atoms with Crippen LogP contribution < -0.4 is 5.32 Å². The molecule has 6 heteroatoms. The largest absolute Gasteiger partial charge is 0.355 e. The minimum Gasteiger partial charge on any atom is -0.355 e. The zero-order valence-electron chi connectivity index (χ0n) is 15.0. The minimum atomic E-state index is 0.117. The SMILES string of the molecule is C=CCn1c(C)nnc1SCC(=O)NCC12CC3CC(CC(C3)C1)C2. The molecule has 0 radical (unpaired) electrons. The molecule has 1 heterocycles. The van der Waals surface area contributed by atoms with Crippen molar-refractivity contribution in [3.8, 4) is 0 Å². The minimum absolute atomic E-state index is 0.117. The van der Waals surface area contributed by atoms with Crippen LogP contribution in [-0.2, 0) is 11.3 Å². The van der Waals surface area contributed by atoms with E-state index in [1.807, 2.05) is 17.6 Å². The van der Waals surface area contributed by atoms with Gasteiger partial charge in [-0.25, -0.2) is 0 Å². The molecule has 4 aliphatic rings. The molecule has 5 rings (SSSR count). The Hall–Kier alpha value is -1.30. The Morgan fingerprint density at radius 2 is 1.92 bits per heavy atom. The first-order chi connectivity index (χ1) is 12.1. The molecule has 0 unspecified atom stereocenters. The molecule has 0 saturated heterocycles. The van der Waals surface area contributed by atoms with Crippen LogP contribution in [0.3, 0.4) is 0 Å². The van der Waals surface area contributed by atoms with Gasteiger partial charge in [0.1, 0.15) is 5.82 Å². The summed E-state index contributed by atoms with van der Waals surface area (Å²) in [4.78, 5) is 12.4. The molecule has 5 nitrogen and oxygen atoms in total. The van der Waals surface area contributed by atoms with Crippen LogP contribution in [0.4, 0.5) is 0 Å². The Bertz CT molecular complexity index is 633. The second-order valence-electron chi connectivity index (χ2n) is 8.41. The van der Waals surface area contributed by atoms with Crippen molar-refractivity contribution >= 4 is 17.7 Å². The summed E-state index contributed by atoms with van der Waals surface area (Å²) >= 11 is 1.46. The molecule has 0 aromatic carbocycles. The summed E-state index contributed by atoms with van der Waals surface area (Å²) in [6.45, 7) is 7.24. The number of nitrogens with one attached hydrogen (secondary N) is 1. The van der Waals surface area contributed by atoms with Gasteiger partial charge < -0.3 is 9.88 Å². The molecule has 0 atom stereocenters. The van der Waals surface area contributed by atoms with E-state index in [0.717, 1.165) is 35.3 Å². The number of hydrogen-bond acceptors (Lipinski definition) is 4. The lowest BCUT2D eigenvalue weighted by Gasteiger charge is -2.56. The van der Waals surface area contributed by atoms with Crippen molar-refractivity contribution in [3.63, 3.8) is 0 Å². The molecule has 4 bridgehead atoms. The van der Waals surface area contributed by atoms with Crippen LogP contribution in [0.15, 0.2) is 17.8 Å². The molecule has 25 heavy (non-hydrogen) atoms. The molecule has 4 saturated carbocycles. The number of aryl methyl sites for hydroxylation is 1. The summed E-state index contributed by atoms with van der Waals surface area (Å²) in [5, 5.41) is 12.3. The predicted molar refractivity (Wildman–Crippen MR) is 99.3 cm³/mol. The maximum atomic E-state index is 12.4. The van der Waals surface area contributed by atoms with Gasteiger partial charge in [-0.3, -0.25) is 4.79 Å². The van der Waals surface area contributed by atoms with Gasteiger partial charge >= 0.3 is 0 Å². The lowest BCUT2D eigenvalue weighted by atomic mass is 9.49. The van der Waals surface area contributed by atoms with Crippen LogP contribution >= 0.6 is 11.8 Å². The van der Waals surface area contributed by atoms with Gasteiger partial charge in [0.05, 0.1) is 5.75 Å². The molecule has 4 aliphatic carbocycles. The van der Waals surface area contributed by atoms with E-state index in [0.29, 0.717) is 17.7 Å². The number of rotatable bonds is 7. The molecule has 4 fully saturated rings. The molecule has 1 amide bonds. The summed E-state index contributed by atoms with van der Waals surface area (Å²) in [5.41, 5.74) is 0.397. The van der Waals surface area contributed by atoms with E-state index in [1.165, 1.54) is 50.3 Å². The van der Waals surface area contributed by atoms with Crippen molar-refractivity contribution in [3.05, 3.63) is 18.5 Å². The molecule has 1 aromatic heterocycles. The lowest BCUT2D eigenvalue weighted by molar-refractivity contribution is -0.120. The van der Waals surface area contributed by atoms with Gasteiger partial charge in [0, 0.05) is 13.1 Å². The molecule has 0 aliphatic heterocycles. The summed E-state index contributed by atoms with van der Waals surface area (Å²) in [7, 11) is 0. The number of hydrogen-bond donors (Lipinski definition) is 1. The third kappa shape index (κ3) is 3.50. The first kappa shape index (κ1) is 17.1. The van der Waals surface area contributed by atoms with Gasteiger partial charge in [0.15, 0.2) is 5.16 Å². The zero-order valence-corrected chi connectivity index (χ0v) is 15.9. The van der Waals surface area contributed by atoms with E-state index < -0.39 is 0 Å². The maximum Gasteiger partial charge on any atom is 0.230 e. The first-order valence-electron chi connectivity index (χ1n) is 9.47. The van der Waals surface area contributed by atoms with Crippen LogP contribution in [0, 0.1) is 30.1 Å². The fraction of sp³-hybridized carbons (Fsp3) is 0.737. The number of thioether (sulfide) groups is 1. The average Bonchev–Trinajstić information content (AvgIpc) is 2.91. The van der Waals surface area contributed by atoms with E-state index >= 15 is 0 Å². The van der Waals surface area contributed by atoms with E-state index in [9.17, 15) is 4.79 Å². The Labute approximate surface area is 154 Å². The standard InChI is InChI=1S/C19H28N4OS/c1-3-4-23-13(2)21-22-18(23)25-11-17(24)20-12-19-8-14-5-15(9-19)7-16(6-14)10-19/h3,14-16H,1,4-12H2,2H3,(H,20,24).